The molecule has 0 aliphatic carbocycles. The van der Waals surface area contributed by atoms with Crippen molar-refractivity contribution in [3.63, 3.8) is 0 Å². The van der Waals surface area contributed by atoms with Crippen molar-refractivity contribution in [2.75, 3.05) is 37.0 Å². The molecule has 0 N–H and O–H groups in total. The third-order valence-corrected chi connectivity index (χ3v) is 7.94. The first-order valence-electron chi connectivity index (χ1n) is 10.2. The van der Waals surface area contributed by atoms with Gasteiger partial charge in [0.2, 0.25) is 0 Å². The molecule has 1 aliphatic heterocycles. The summed E-state index contributed by atoms with van der Waals surface area (Å²) >= 11 is 6.30. The summed E-state index contributed by atoms with van der Waals surface area (Å²) in [5.74, 6) is 0.617. The number of anilines is 2. The predicted octanol–water partition coefficient (Wildman–Crippen LogP) is 4.39. The fourth-order valence-electron chi connectivity index (χ4n) is 3.85. The van der Waals surface area contributed by atoms with E-state index in [0.29, 0.717) is 35.8 Å². The zero-order chi connectivity index (χ0) is 23.8. The van der Waals surface area contributed by atoms with E-state index >= 15 is 0 Å². The van der Waals surface area contributed by atoms with Crippen LogP contribution >= 0.6 is 11.6 Å². The van der Waals surface area contributed by atoms with Crippen molar-refractivity contribution in [1.29, 1.82) is 0 Å². The minimum absolute atomic E-state index is 0.0599. The molecule has 172 valence electrons. The number of nitrogens with zero attached hydrogens (tertiary/aromatic N) is 2. The number of hydrogen-bond donors (Lipinski definition) is 0. The van der Waals surface area contributed by atoms with Crippen LogP contribution in [-0.2, 0) is 16.4 Å². The molecule has 0 saturated carbocycles. The molecule has 0 fully saturated rings. The molecule has 0 aromatic heterocycles. The van der Waals surface area contributed by atoms with Gasteiger partial charge < -0.3 is 14.4 Å². The average molecular weight is 487 g/mol. The van der Waals surface area contributed by atoms with Gasteiger partial charge in [0.25, 0.3) is 15.9 Å². The minimum atomic E-state index is -3.95. The van der Waals surface area contributed by atoms with Crippen molar-refractivity contribution in [2.24, 2.45) is 0 Å². The van der Waals surface area contributed by atoms with Gasteiger partial charge in [-0.05, 0) is 48.4 Å². The van der Waals surface area contributed by atoms with Crippen LogP contribution in [0, 0.1) is 0 Å². The van der Waals surface area contributed by atoms with E-state index in [2.05, 4.69) is 0 Å². The van der Waals surface area contributed by atoms with Crippen molar-refractivity contribution in [3.05, 3.63) is 76.8 Å². The predicted molar refractivity (Wildman–Crippen MR) is 128 cm³/mol. The first-order valence-corrected chi connectivity index (χ1v) is 12.0. The molecule has 1 heterocycles. The van der Waals surface area contributed by atoms with Crippen LogP contribution < -0.4 is 18.7 Å². The number of rotatable bonds is 6. The molecule has 9 heteroatoms. The van der Waals surface area contributed by atoms with E-state index in [0.717, 1.165) is 5.56 Å². The smallest absolute Gasteiger partial charge is 0.265 e. The number of hydrogen-bond acceptors (Lipinski definition) is 5. The molecule has 0 unspecified atom stereocenters. The quantitative estimate of drug-likeness (QED) is 0.516. The topological polar surface area (TPSA) is 76.2 Å². The second-order valence-corrected chi connectivity index (χ2v) is 9.74. The third-order valence-electron chi connectivity index (χ3n) is 5.65. The summed E-state index contributed by atoms with van der Waals surface area (Å²) in [4.78, 5) is 14.5. The zero-order valence-corrected chi connectivity index (χ0v) is 20.0. The third kappa shape index (κ3) is 4.12. The second kappa shape index (κ2) is 8.96. The fraction of sp³-hybridized carbons (Fsp3) is 0.208. The van der Waals surface area contributed by atoms with E-state index in [1.165, 1.54) is 41.6 Å². The maximum absolute atomic E-state index is 13.5. The number of sulfonamides is 1. The second-order valence-electron chi connectivity index (χ2n) is 7.50. The number of halogens is 1. The first-order chi connectivity index (χ1) is 15.8. The molecule has 1 aliphatic rings. The molecule has 33 heavy (non-hydrogen) atoms. The van der Waals surface area contributed by atoms with Gasteiger partial charge in [-0.1, -0.05) is 29.8 Å². The fourth-order valence-corrected chi connectivity index (χ4v) is 5.86. The highest BCUT2D eigenvalue weighted by molar-refractivity contribution is 7.93. The highest BCUT2D eigenvalue weighted by Crippen LogP contribution is 2.36. The lowest BCUT2D eigenvalue weighted by molar-refractivity contribution is 0.0992. The average Bonchev–Trinajstić information content (AvgIpc) is 3.28. The monoisotopic (exact) mass is 486 g/mol. The van der Waals surface area contributed by atoms with Gasteiger partial charge in [0.15, 0.2) is 11.5 Å². The van der Waals surface area contributed by atoms with Crippen LogP contribution in [0.25, 0.3) is 0 Å². The molecule has 0 spiro atoms. The number of para-hydroxylation sites is 1. The van der Waals surface area contributed by atoms with Gasteiger partial charge in [0, 0.05) is 30.9 Å². The van der Waals surface area contributed by atoms with Crippen molar-refractivity contribution in [2.45, 2.75) is 11.3 Å². The molecule has 1 amide bonds. The van der Waals surface area contributed by atoms with Crippen LogP contribution in [0.1, 0.15) is 15.9 Å². The minimum Gasteiger partial charge on any atom is -0.493 e. The number of carbonyl (C=O) groups excluding carboxylic acids is 1. The molecular weight excluding hydrogens is 464 g/mol. The number of benzene rings is 3. The van der Waals surface area contributed by atoms with Crippen molar-refractivity contribution in [1.82, 2.24) is 0 Å². The summed E-state index contributed by atoms with van der Waals surface area (Å²) in [5, 5.41) is 0.0599. The molecule has 0 saturated heterocycles. The summed E-state index contributed by atoms with van der Waals surface area (Å²) in [7, 11) is 0.684. The summed E-state index contributed by atoms with van der Waals surface area (Å²) in [6.07, 6.45) is 0.619. The van der Waals surface area contributed by atoms with Crippen LogP contribution in [0.2, 0.25) is 5.02 Å². The summed E-state index contributed by atoms with van der Waals surface area (Å²) < 4.78 is 38.8. The molecule has 3 aromatic rings. The number of ether oxygens (including phenoxy) is 2. The number of methoxy groups -OCH3 is 2. The van der Waals surface area contributed by atoms with Crippen molar-refractivity contribution < 1.29 is 22.7 Å². The Kier molecular flexibility index (Phi) is 6.23. The van der Waals surface area contributed by atoms with Crippen molar-refractivity contribution >= 4 is 38.9 Å². The number of amides is 1. The van der Waals surface area contributed by atoms with Crippen LogP contribution in [0.5, 0.6) is 11.5 Å². The molecular formula is C24H23ClN2O5S. The molecule has 7 nitrogen and oxygen atoms in total. The lowest BCUT2D eigenvalue weighted by Crippen LogP contribution is -2.30. The molecule has 4 rings (SSSR count). The van der Waals surface area contributed by atoms with E-state index in [-0.39, 0.29) is 15.5 Å². The van der Waals surface area contributed by atoms with E-state index < -0.39 is 15.9 Å². The SMILES string of the molecule is COc1ccc(N(C)C(=O)c2ccc(Cl)c(S(=O)(=O)N3CCc4ccccc43)c2)cc1OC. The van der Waals surface area contributed by atoms with Crippen LogP contribution in [0.15, 0.2) is 65.6 Å². The normalized spacial score (nSPS) is 12.9. The number of fused-ring (bicyclic) bond motifs is 1. The zero-order valence-electron chi connectivity index (χ0n) is 18.4. The number of carbonyl (C=O) groups is 1. The van der Waals surface area contributed by atoms with Gasteiger partial charge in [-0.3, -0.25) is 9.10 Å². The summed E-state index contributed by atoms with van der Waals surface area (Å²) in [6, 6.07) is 16.7. The largest absolute Gasteiger partial charge is 0.493 e. The standard InChI is InChI=1S/C24H23ClN2O5S/c1-26(18-9-11-21(31-2)22(15-18)32-3)24(28)17-8-10-19(25)23(14-17)33(29,30)27-13-12-16-6-4-5-7-20(16)27/h4-11,14-15H,12-13H2,1-3H3. The van der Waals surface area contributed by atoms with Gasteiger partial charge in [-0.2, -0.15) is 0 Å². The van der Waals surface area contributed by atoms with E-state index in [1.54, 1.807) is 37.4 Å². The van der Waals surface area contributed by atoms with Gasteiger partial charge in [-0.25, -0.2) is 8.42 Å². The first kappa shape index (κ1) is 22.9. The highest BCUT2D eigenvalue weighted by atomic mass is 35.5. The Morgan fingerprint density at radius 1 is 1.00 bits per heavy atom. The Bertz CT molecular complexity index is 1330. The Labute approximate surface area is 198 Å². The van der Waals surface area contributed by atoms with Gasteiger partial charge in [0.05, 0.1) is 24.9 Å². The maximum atomic E-state index is 13.5. The van der Waals surface area contributed by atoms with Gasteiger partial charge >= 0.3 is 0 Å². The molecule has 3 aromatic carbocycles. The van der Waals surface area contributed by atoms with E-state index in [4.69, 9.17) is 21.1 Å². The maximum Gasteiger partial charge on any atom is 0.265 e. The summed E-state index contributed by atoms with van der Waals surface area (Å²) in [5.41, 5.74) is 2.35. The van der Waals surface area contributed by atoms with Crippen molar-refractivity contribution in [3.8, 4) is 11.5 Å². The Morgan fingerprint density at radius 2 is 1.73 bits per heavy atom. The molecule has 0 radical (unpaired) electrons. The summed E-state index contributed by atoms with van der Waals surface area (Å²) in [6.45, 7) is 0.321. The Morgan fingerprint density at radius 3 is 2.45 bits per heavy atom. The van der Waals surface area contributed by atoms with Crippen LogP contribution in [0.4, 0.5) is 11.4 Å². The Balaban J connectivity index is 1.68. The highest BCUT2D eigenvalue weighted by Gasteiger charge is 2.33. The lowest BCUT2D eigenvalue weighted by atomic mass is 10.2. The molecule has 0 atom stereocenters. The van der Waals surface area contributed by atoms with Gasteiger partial charge in [0.1, 0.15) is 4.90 Å². The molecule has 0 bridgehead atoms. The lowest BCUT2D eigenvalue weighted by Gasteiger charge is -2.22. The Hall–Kier alpha value is -3.23. The van der Waals surface area contributed by atoms with E-state index in [9.17, 15) is 13.2 Å². The van der Waals surface area contributed by atoms with Crippen LogP contribution in [-0.4, -0.2) is 42.1 Å². The van der Waals surface area contributed by atoms with E-state index in [1.807, 2.05) is 12.1 Å². The van der Waals surface area contributed by atoms with Gasteiger partial charge in [-0.15, -0.1) is 0 Å². The van der Waals surface area contributed by atoms with Crippen LogP contribution in [0.3, 0.4) is 0 Å².